The van der Waals surface area contributed by atoms with Crippen LogP contribution in [-0.4, -0.2) is 34.9 Å². The molecule has 20 heavy (non-hydrogen) atoms. The Hall–Kier alpha value is -0.700. The lowest BCUT2D eigenvalue weighted by molar-refractivity contribution is 0.543. The van der Waals surface area contributed by atoms with Crippen LogP contribution in [0.4, 0.5) is 4.39 Å². The normalized spacial score (nSPS) is 22.0. The van der Waals surface area contributed by atoms with Crippen molar-refractivity contribution in [3.05, 3.63) is 29.0 Å². The molecule has 0 saturated carbocycles. The summed E-state index contributed by atoms with van der Waals surface area (Å²) in [5.74, 6) is -0.812. The number of sulfone groups is 1. The van der Waals surface area contributed by atoms with Crippen molar-refractivity contribution in [2.45, 2.75) is 11.3 Å². The molecular formula is C11H13ClFNO4S2. The SMILES string of the molecule is O=S1(=O)CCC(CNS(=O)(=O)c2ccc(F)cc2Cl)C1. The number of sulfonamides is 1. The molecule has 1 N–H and O–H groups in total. The quantitative estimate of drug-likeness (QED) is 0.892. The summed E-state index contributed by atoms with van der Waals surface area (Å²) >= 11 is 5.70. The van der Waals surface area contributed by atoms with Gasteiger partial charge in [-0.2, -0.15) is 0 Å². The minimum atomic E-state index is -3.88. The van der Waals surface area contributed by atoms with E-state index in [9.17, 15) is 21.2 Å². The third kappa shape index (κ3) is 3.69. The van der Waals surface area contributed by atoms with Crippen molar-refractivity contribution in [3.8, 4) is 0 Å². The predicted molar refractivity (Wildman–Crippen MR) is 73.4 cm³/mol. The van der Waals surface area contributed by atoms with Gasteiger partial charge in [0.25, 0.3) is 0 Å². The fourth-order valence-electron chi connectivity index (χ4n) is 2.03. The summed E-state index contributed by atoms with van der Waals surface area (Å²) in [5, 5.41) is -0.212. The van der Waals surface area contributed by atoms with Crippen LogP contribution in [0.2, 0.25) is 5.02 Å². The molecule has 2 rings (SSSR count). The van der Waals surface area contributed by atoms with Crippen LogP contribution < -0.4 is 4.72 Å². The van der Waals surface area contributed by atoms with Crippen LogP contribution in [-0.2, 0) is 19.9 Å². The lowest BCUT2D eigenvalue weighted by Crippen LogP contribution is -2.30. The van der Waals surface area contributed by atoms with Gasteiger partial charge in [-0.3, -0.25) is 0 Å². The highest BCUT2D eigenvalue weighted by Gasteiger charge is 2.29. The number of nitrogens with one attached hydrogen (secondary N) is 1. The monoisotopic (exact) mass is 341 g/mol. The van der Waals surface area contributed by atoms with E-state index in [-0.39, 0.29) is 33.9 Å². The summed E-state index contributed by atoms with van der Waals surface area (Å²) in [4.78, 5) is -0.221. The highest BCUT2D eigenvalue weighted by atomic mass is 35.5. The molecule has 1 aliphatic heterocycles. The Balaban J connectivity index is 2.08. The maximum atomic E-state index is 12.9. The average molecular weight is 342 g/mol. The van der Waals surface area contributed by atoms with Crippen LogP contribution in [0.1, 0.15) is 6.42 Å². The minimum Gasteiger partial charge on any atom is -0.229 e. The van der Waals surface area contributed by atoms with Crippen LogP contribution in [0.15, 0.2) is 23.1 Å². The molecule has 0 bridgehead atoms. The predicted octanol–water partition coefficient (Wildman–Crippen LogP) is 1.19. The van der Waals surface area contributed by atoms with E-state index in [1.165, 1.54) is 0 Å². The first-order valence-electron chi connectivity index (χ1n) is 5.85. The number of rotatable bonds is 4. The summed E-state index contributed by atoms with van der Waals surface area (Å²) in [6.45, 7) is 0.0231. The van der Waals surface area contributed by atoms with Crippen molar-refractivity contribution in [1.82, 2.24) is 4.72 Å². The molecule has 1 aromatic carbocycles. The van der Waals surface area contributed by atoms with Crippen molar-refractivity contribution in [2.24, 2.45) is 5.92 Å². The van der Waals surface area contributed by atoms with Crippen LogP contribution >= 0.6 is 11.6 Å². The highest BCUT2D eigenvalue weighted by Crippen LogP contribution is 2.23. The van der Waals surface area contributed by atoms with E-state index < -0.39 is 25.7 Å². The van der Waals surface area contributed by atoms with Gasteiger partial charge in [0.1, 0.15) is 10.7 Å². The van der Waals surface area contributed by atoms with Crippen molar-refractivity contribution in [1.29, 1.82) is 0 Å². The molecule has 112 valence electrons. The van der Waals surface area contributed by atoms with E-state index in [0.717, 1.165) is 18.2 Å². The zero-order chi connectivity index (χ0) is 15.0. The molecule has 0 amide bonds. The molecule has 9 heteroatoms. The van der Waals surface area contributed by atoms with Gasteiger partial charge in [-0.05, 0) is 30.5 Å². The number of hydrogen-bond acceptors (Lipinski definition) is 4. The van der Waals surface area contributed by atoms with Gasteiger partial charge >= 0.3 is 0 Å². The standard InChI is InChI=1S/C11H13ClFNO4S2/c12-10-5-9(13)1-2-11(10)20(17,18)14-6-8-3-4-19(15,16)7-8/h1-2,5,8,14H,3-4,6-7H2. The molecular weight excluding hydrogens is 329 g/mol. The molecule has 0 aromatic heterocycles. The summed E-state index contributed by atoms with van der Waals surface area (Å²) in [6.07, 6.45) is 0.433. The Bertz CT molecular complexity index is 718. The fraction of sp³-hybridized carbons (Fsp3) is 0.455. The molecule has 1 fully saturated rings. The fourth-order valence-corrected chi connectivity index (χ4v) is 5.54. The van der Waals surface area contributed by atoms with Crippen LogP contribution in [0.25, 0.3) is 0 Å². The third-order valence-corrected chi connectivity index (χ3v) is 6.82. The molecule has 1 heterocycles. The Morgan fingerprint density at radius 1 is 1.40 bits per heavy atom. The van der Waals surface area contributed by atoms with E-state index in [2.05, 4.69) is 4.72 Å². The van der Waals surface area contributed by atoms with Crippen molar-refractivity contribution < 1.29 is 21.2 Å². The summed E-state index contributed by atoms with van der Waals surface area (Å²) in [5.41, 5.74) is 0. The average Bonchev–Trinajstić information content (AvgIpc) is 2.66. The zero-order valence-corrected chi connectivity index (χ0v) is 12.7. The third-order valence-electron chi connectivity index (χ3n) is 3.07. The molecule has 5 nitrogen and oxygen atoms in total. The van der Waals surface area contributed by atoms with E-state index in [4.69, 9.17) is 11.6 Å². The van der Waals surface area contributed by atoms with E-state index in [1.807, 2.05) is 0 Å². The van der Waals surface area contributed by atoms with Gasteiger partial charge in [-0.15, -0.1) is 0 Å². The Labute approximate surface area is 122 Å². The van der Waals surface area contributed by atoms with Gasteiger partial charge in [0.2, 0.25) is 10.0 Å². The smallest absolute Gasteiger partial charge is 0.229 e. The topological polar surface area (TPSA) is 80.3 Å². The minimum absolute atomic E-state index is 0.0212. The first-order chi connectivity index (χ1) is 9.20. The molecule has 0 spiro atoms. The van der Waals surface area contributed by atoms with Gasteiger partial charge in [0.15, 0.2) is 9.84 Å². The number of benzene rings is 1. The highest BCUT2D eigenvalue weighted by molar-refractivity contribution is 7.91. The second kappa shape index (κ2) is 5.59. The zero-order valence-electron chi connectivity index (χ0n) is 10.3. The van der Waals surface area contributed by atoms with Crippen LogP contribution in [0, 0.1) is 11.7 Å². The number of hydrogen-bond donors (Lipinski definition) is 1. The lowest BCUT2D eigenvalue weighted by Gasteiger charge is -2.11. The maximum Gasteiger partial charge on any atom is 0.242 e. The molecule has 0 aliphatic carbocycles. The van der Waals surface area contributed by atoms with Crippen molar-refractivity contribution in [2.75, 3.05) is 18.1 Å². The van der Waals surface area contributed by atoms with Crippen LogP contribution in [0.5, 0.6) is 0 Å². The van der Waals surface area contributed by atoms with Crippen LogP contribution in [0.3, 0.4) is 0 Å². The molecule has 1 aliphatic rings. The second-order valence-corrected chi connectivity index (χ2v) is 9.07. The molecule has 1 aromatic rings. The summed E-state index contributed by atoms with van der Waals surface area (Å²) in [7, 11) is -6.93. The van der Waals surface area contributed by atoms with E-state index in [1.54, 1.807) is 0 Å². The maximum absolute atomic E-state index is 12.9. The second-order valence-electron chi connectivity index (χ2n) is 4.70. The van der Waals surface area contributed by atoms with Gasteiger partial charge in [-0.1, -0.05) is 11.6 Å². The van der Waals surface area contributed by atoms with Gasteiger partial charge in [-0.25, -0.2) is 25.9 Å². The Morgan fingerprint density at radius 3 is 2.65 bits per heavy atom. The van der Waals surface area contributed by atoms with Gasteiger partial charge in [0.05, 0.1) is 16.5 Å². The van der Waals surface area contributed by atoms with Crippen molar-refractivity contribution in [3.63, 3.8) is 0 Å². The number of halogens is 2. The summed E-state index contributed by atoms with van der Waals surface area (Å²) in [6, 6.07) is 2.99. The molecule has 1 atom stereocenters. The van der Waals surface area contributed by atoms with Gasteiger partial charge in [0, 0.05) is 6.54 Å². The first-order valence-corrected chi connectivity index (χ1v) is 9.53. The Morgan fingerprint density at radius 2 is 2.10 bits per heavy atom. The van der Waals surface area contributed by atoms with E-state index >= 15 is 0 Å². The Kier molecular flexibility index (Phi) is 4.38. The largest absolute Gasteiger partial charge is 0.242 e. The lowest BCUT2D eigenvalue weighted by atomic mass is 10.1. The first kappa shape index (κ1) is 15.7. The van der Waals surface area contributed by atoms with Gasteiger partial charge < -0.3 is 0 Å². The van der Waals surface area contributed by atoms with E-state index in [0.29, 0.717) is 6.42 Å². The van der Waals surface area contributed by atoms with Crippen molar-refractivity contribution >= 4 is 31.5 Å². The molecule has 0 radical (unpaired) electrons. The molecule has 1 saturated heterocycles. The summed E-state index contributed by atoms with van der Waals surface area (Å²) < 4.78 is 61.8. The molecule has 1 unspecified atom stereocenters.